The molecule has 9 heteroatoms. The molecule has 1 heterocycles. The Bertz CT molecular complexity index is 971. The van der Waals surface area contributed by atoms with Crippen molar-refractivity contribution in [1.29, 1.82) is 0 Å². The monoisotopic (exact) mass is 413 g/mol. The van der Waals surface area contributed by atoms with Gasteiger partial charge in [0, 0.05) is 12.4 Å². The van der Waals surface area contributed by atoms with Crippen molar-refractivity contribution in [3.05, 3.63) is 90.0 Å². The smallest absolute Gasteiger partial charge is 0.387 e. The van der Waals surface area contributed by atoms with Crippen LogP contribution < -0.4 is 10.1 Å². The van der Waals surface area contributed by atoms with Gasteiger partial charge in [0.15, 0.2) is 12.3 Å². The van der Waals surface area contributed by atoms with Crippen LogP contribution in [0, 0.1) is 0 Å². The Morgan fingerprint density at radius 2 is 1.67 bits per heavy atom. The number of hydrogen-bond donors (Lipinski definition) is 1. The van der Waals surface area contributed by atoms with Gasteiger partial charge in [0.1, 0.15) is 5.75 Å². The molecule has 0 radical (unpaired) electrons. The van der Waals surface area contributed by atoms with Crippen LogP contribution in [0.2, 0.25) is 0 Å². The molecule has 0 aliphatic rings. The molecular formula is C21H17F2N3O4. The quantitative estimate of drug-likeness (QED) is 0.571. The Morgan fingerprint density at radius 3 is 2.30 bits per heavy atom. The number of carbonyl (C=O) groups is 2. The molecule has 1 aromatic heterocycles. The van der Waals surface area contributed by atoms with E-state index in [0.29, 0.717) is 5.56 Å². The van der Waals surface area contributed by atoms with E-state index in [1.807, 2.05) is 6.07 Å². The van der Waals surface area contributed by atoms with Crippen molar-refractivity contribution >= 4 is 11.9 Å². The van der Waals surface area contributed by atoms with Crippen LogP contribution in [0.1, 0.15) is 27.7 Å². The Labute approximate surface area is 170 Å². The molecule has 7 nitrogen and oxygen atoms in total. The van der Waals surface area contributed by atoms with Crippen LogP contribution in [0.5, 0.6) is 5.75 Å². The summed E-state index contributed by atoms with van der Waals surface area (Å²) >= 11 is 0. The summed E-state index contributed by atoms with van der Waals surface area (Å²) in [5.74, 6) is -1.32. The van der Waals surface area contributed by atoms with E-state index in [4.69, 9.17) is 4.74 Å². The van der Waals surface area contributed by atoms with Crippen LogP contribution in [-0.4, -0.2) is 35.1 Å². The second-order valence-electron chi connectivity index (χ2n) is 6.03. The summed E-state index contributed by atoms with van der Waals surface area (Å²) in [5.41, 5.74) is 1.38. The third kappa shape index (κ3) is 5.81. The highest BCUT2D eigenvalue weighted by molar-refractivity contribution is 5.89. The summed E-state index contributed by atoms with van der Waals surface area (Å²) in [4.78, 5) is 31.9. The summed E-state index contributed by atoms with van der Waals surface area (Å²) < 4.78 is 34.0. The molecule has 0 bridgehead atoms. The van der Waals surface area contributed by atoms with E-state index in [1.54, 1.807) is 36.4 Å². The number of nitrogens with zero attached hydrogens (tertiary/aromatic N) is 2. The van der Waals surface area contributed by atoms with Gasteiger partial charge in [-0.25, -0.2) is 9.78 Å². The lowest BCUT2D eigenvalue weighted by atomic mass is 9.98. The topological polar surface area (TPSA) is 90.4 Å². The molecule has 0 unspecified atom stereocenters. The van der Waals surface area contributed by atoms with Crippen molar-refractivity contribution in [3.8, 4) is 5.75 Å². The first-order valence-electron chi connectivity index (χ1n) is 8.85. The highest BCUT2D eigenvalue weighted by atomic mass is 19.3. The van der Waals surface area contributed by atoms with Gasteiger partial charge in [-0.2, -0.15) is 8.78 Å². The van der Waals surface area contributed by atoms with E-state index in [2.05, 4.69) is 20.0 Å². The highest BCUT2D eigenvalue weighted by Crippen LogP contribution is 2.24. The zero-order valence-electron chi connectivity index (χ0n) is 15.6. The van der Waals surface area contributed by atoms with Crippen LogP contribution in [0.15, 0.2) is 73.2 Å². The first-order chi connectivity index (χ1) is 14.5. The molecule has 3 rings (SSSR count). The third-order valence-electron chi connectivity index (χ3n) is 3.98. The summed E-state index contributed by atoms with van der Waals surface area (Å²) in [6.45, 7) is -3.45. The van der Waals surface area contributed by atoms with Crippen molar-refractivity contribution in [2.24, 2.45) is 0 Å². The van der Waals surface area contributed by atoms with E-state index >= 15 is 0 Å². The lowest BCUT2D eigenvalue weighted by molar-refractivity contribution is -0.124. The molecule has 1 amide bonds. The fraction of sp³-hybridized carbons (Fsp3) is 0.143. The molecule has 0 fully saturated rings. The summed E-state index contributed by atoms with van der Waals surface area (Å²) in [7, 11) is 0. The Balaban J connectivity index is 1.70. The SMILES string of the molecule is O=C(COC(=O)c1cnccn1)N[C@H](c1ccccc1)c1ccc(OC(F)F)cc1. The number of nitrogens with one attached hydrogen (secondary N) is 1. The largest absolute Gasteiger partial charge is 0.451 e. The van der Waals surface area contributed by atoms with Crippen LogP contribution >= 0.6 is 0 Å². The summed E-state index contributed by atoms with van der Waals surface area (Å²) in [6.07, 6.45) is 3.98. The van der Waals surface area contributed by atoms with Crippen molar-refractivity contribution in [2.75, 3.05) is 6.61 Å². The number of ether oxygens (including phenoxy) is 2. The Kier molecular flexibility index (Phi) is 6.99. The predicted molar refractivity (Wildman–Crippen MR) is 102 cm³/mol. The van der Waals surface area contributed by atoms with Crippen LogP contribution in [0.25, 0.3) is 0 Å². The van der Waals surface area contributed by atoms with Crippen molar-refractivity contribution < 1.29 is 27.8 Å². The molecule has 0 aliphatic carbocycles. The molecule has 0 saturated heterocycles. The first kappa shape index (κ1) is 20.8. The Morgan fingerprint density at radius 1 is 0.967 bits per heavy atom. The molecule has 3 aromatic rings. The maximum Gasteiger partial charge on any atom is 0.387 e. The van der Waals surface area contributed by atoms with Crippen LogP contribution in [0.3, 0.4) is 0 Å². The number of hydrogen-bond acceptors (Lipinski definition) is 6. The van der Waals surface area contributed by atoms with E-state index in [-0.39, 0.29) is 11.4 Å². The minimum absolute atomic E-state index is 0.00443. The summed E-state index contributed by atoms with van der Waals surface area (Å²) in [5, 5.41) is 2.78. The summed E-state index contributed by atoms with van der Waals surface area (Å²) in [6, 6.07) is 14.4. The number of aromatic nitrogens is 2. The fourth-order valence-corrected chi connectivity index (χ4v) is 2.66. The molecule has 1 atom stereocenters. The molecule has 0 spiro atoms. The number of halogens is 2. The normalized spacial score (nSPS) is 11.6. The van der Waals surface area contributed by atoms with E-state index in [0.717, 1.165) is 5.56 Å². The van der Waals surface area contributed by atoms with E-state index in [9.17, 15) is 18.4 Å². The fourth-order valence-electron chi connectivity index (χ4n) is 2.66. The standard InChI is InChI=1S/C21H17F2N3O4/c22-21(23)30-16-8-6-15(7-9-16)19(14-4-2-1-3-5-14)26-18(27)13-29-20(28)17-12-24-10-11-25-17/h1-12,19,21H,13H2,(H,26,27)/t19-/m1/s1. The van der Waals surface area contributed by atoms with Crippen molar-refractivity contribution in [3.63, 3.8) is 0 Å². The number of amides is 1. The zero-order valence-corrected chi connectivity index (χ0v) is 15.6. The maximum atomic E-state index is 12.4. The lowest BCUT2D eigenvalue weighted by Gasteiger charge is -2.20. The minimum atomic E-state index is -2.93. The molecule has 30 heavy (non-hydrogen) atoms. The van der Waals surface area contributed by atoms with Gasteiger partial charge in [-0.05, 0) is 23.3 Å². The van der Waals surface area contributed by atoms with Crippen molar-refractivity contribution in [2.45, 2.75) is 12.7 Å². The zero-order chi connectivity index (χ0) is 21.3. The van der Waals surface area contributed by atoms with E-state index in [1.165, 1.54) is 30.7 Å². The van der Waals surface area contributed by atoms with Gasteiger partial charge in [-0.3, -0.25) is 9.78 Å². The third-order valence-corrected chi connectivity index (χ3v) is 3.98. The number of esters is 1. The number of benzene rings is 2. The van der Waals surface area contributed by atoms with Gasteiger partial charge in [0.2, 0.25) is 0 Å². The molecule has 0 aliphatic heterocycles. The molecule has 0 saturated carbocycles. The second kappa shape index (κ2) is 10.1. The molecule has 154 valence electrons. The van der Waals surface area contributed by atoms with Gasteiger partial charge in [-0.15, -0.1) is 0 Å². The van der Waals surface area contributed by atoms with Gasteiger partial charge in [0.25, 0.3) is 5.91 Å². The van der Waals surface area contributed by atoms with Gasteiger partial charge < -0.3 is 14.8 Å². The van der Waals surface area contributed by atoms with E-state index < -0.39 is 31.1 Å². The average Bonchev–Trinajstić information content (AvgIpc) is 2.77. The average molecular weight is 413 g/mol. The van der Waals surface area contributed by atoms with Crippen molar-refractivity contribution in [1.82, 2.24) is 15.3 Å². The van der Waals surface area contributed by atoms with Crippen LogP contribution in [-0.2, 0) is 9.53 Å². The molecule has 2 aromatic carbocycles. The van der Waals surface area contributed by atoms with Gasteiger partial charge in [0.05, 0.1) is 12.2 Å². The number of alkyl halides is 2. The number of rotatable bonds is 8. The highest BCUT2D eigenvalue weighted by Gasteiger charge is 2.19. The first-order valence-corrected chi connectivity index (χ1v) is 8.85. The Hall–Kier alpha value is -3.88. The number of carbonyl (C=O) groups excluding carboxylic acids is 2. The second-order valence-corrected chi connectivity index (χ2v) is 6.03. The van der Waals surface area contributed by atoms with Gasteiger partial charge in [-0.1, -0.05) is 42.5 Å². The van der Waals surface area contributed by atoms with Gasteiger partial charge >= 0.3 is 12.6 Å². The molecular weight excluding hydrogens is 396 g/mol. The predicted octanol–water partition coefficient (Wildman–Crippen LogP) is 3.14. The lowest BCUT2D eigenvalue weighted by Crippen LogP contribution is -2.33. The minimum Gasteiger partial charge on any atom is -0.451 e. The van der Waals surface area contributed by atoms with Crippen LogP contribution in [0.4, 0.5) is 8.78 Å². The maximum absolute atomic E-state index is 12.4. The molecule has 1 N–H and O–H groups in total.